The van der Waals surface area contributed by atoms with Gasteiger partial charge >= 0.3 is 6.03 Å². The number of urea groups is 1. The van der Waals surface area contributed by atoms with Crippen molar-refractivity contribution in [2.75, 3.05) is 5.32 Å². The molecule has 0 fully saturated rings. The zero-order valence-electron chi connectivity index (χ0n) is 13.0. The van der Waals surface area contributed by atoms with Crippen molar-refractivity contribution in [1.82, 2.24) is 10.6 Å². The van der Waals surface area contributed by atoms with Crippen LogP contribution in [0.15, 0.2) is 65.9 Å². The summed E-state index contributed by atoms with van der Waals surface area (Å²) in [6, 6.07) is 15.4. The van der Waals surface area contributed by atoms with Crippen LogP contribution in [0.4, 0.5) is 10.5 Å². The first kappa shape index (κ1) is 16.1. The standard InChI is InChI=1S/C18H16ClN3O2/c1-11-15(17(23)21-14-9-7-13(19)8-10-14)16(22-18(24)20-11)12-5-3-2-4-6-12/h2-10,16H,1H3,(H,21,23)(H2,20,22,24)/t16-/m0/s1. The largest absolute Gasteiger partial charge is 0.327 e. The first-order chi connectivity index (χ1) is 11.5. The smallest absolute Gasteiger partial charge is 0.319 e. The van der Waals surface area contributed by atoms with Crippen molar-refractivity contribution in [3.8, 4) is 0 Å². The molecule has 0 radical (unpaired) electrons. The van der Waals surface area contributed by atoms with Crippen LogP contribution < -0.4 is 16.0 Å². The molecule has 1 aliphatic rings. The average Bonchev–Trinajstić information content (AvgIpc) is 2.57. The van der Waals surface area contributed by atoms with Gasteiger partial charge in [0.05, 0.1) is 11.6 Å². The van der Waals surface area contributed by atoms with Gasteiger partial charge in [-0.25, -0.2) is 4.79 Å². The van der Waals surface area contributed by atoms with E-state index in [0.717, 1.165) is 5.56 Å². The minimum atomic E-state index is -0.507. The van der Waals surface area contributed by atoms with E-state index in [-0.39, 0.29) is 11.9 Å². The minimum Gasteiger partial charge on any atom is -0.327 e. The highest BCUT2D eigenvalue weighted by atomic mass is 35.5. The molecule has 0 aliphatic carbocycles. The van der Waals surface area contributed by atoms with Crippen LogP contribution in [0.3, 0.4) is 0 Å². The van der Waals surface area contributed by atoms with E-state index in [4.69, 9.17) is 11.6 Å². The third kappa shape index (κ3) is 3.41. The van der Waals surface area contributed by atoms with Crippen LogP contribution in [-0.4, -0.2) is 11.9 Å². The lowest BCUT2D eigenvalue weighted by Crippen LogP contribution is -2.45. The third-order valence-electron chi connectivity index (χ3n) is 3.75. The molecule has 3 N–H and O–H groups in total. The molecule has 0 bridgehead atoms. The molecule has 24 heavy (non-hydrogen) atoms. The molecular formula is C18H16ClN3O2. The number of hydrogen-bond donors (Lipinski definition) is 3. The van der Waals surface area contributed by atoms with Crippen LogP contribution in [0.2, 0.25) is 5.02 Å². The van der Waals surface area contributed by atoms with Crippen molar-refractivity contribution in [1.29, 1.82) is 0 Å². The van der Waals surface area contributed by atoms with Crippen LogP contribution in [0, 0.1) is 0 Å². The van der Waals surface area contributed by atoms with Gasteiger partial charge in [0.2, 0.25) is 0 Å². The van der Waals surface area contributed by atoms with Gasteiger partial charge in [-0.2, -0.15) is 0 Å². The Hall–Kier alpha value is -2.79. The van der Waals surface area contributed by atoms with Crippen LogP contribution in [0.5, 0.6) is 0 Å². The molecule has 1 aliphatic heterocycles. The number of amides is 3. The predicted molar refractivity (Wildman–Crippen MR) is 93.6 cm³/mol. The molecule has 1 atom stereocenters. The molecule has 3 rings (SSSR count). The quantitative estimate of drug-likeness (QED) is 0.798. The molecule has 122 valence electrons. The van der Waals surface area contributed by atoms with Gasteiger partial charge in [0, 0.05) is 16.4 Å². The van der Waals surface area contributed by atoms with Gasteiger partial charge in [0.1, 0.15) is 0 Å². The van der Waals surface area contributed by atoms with Crippen molar-refractivity contribution in [3.05, 3.63) is 76.5 Å². The Kier molecular flexibility index (Phi) is 4.53. The van der Waals surface area contributed by atoms with Gasteiger partial charge < -0.3 is 16.0 Å². The zero-order chi connectivity index (χ0) is 17.1. The summed E-state index contributed by atoms with van der Waals surface area (Å²) < 4.78 is 0. The molecule has 0 unspecified atom stereocenters. The number of nitrogens with one attached hydrogen (secondary N) is 3. The van der Waals surface area contributed by atoms with Crippen LogP contribution >= 0.6 is 11.6 Å². The van der Waals surface area contributed by atoms with E-state index in [9.17, 15) is 9.59 Å². The van der Waals surface area contributed by atoms with Crippen molar-refractivity contribution in [2.45, 2.75) is 13.0 Å². The SMILES string of the molecule is CC1=C(C(=O)Nc2ccc(Cl)cc2)[C@H](c2ccccc2)NC(=O)N1. The summed E-state index contributed by atoms with van der Waals surface area (Å²) in [4.78, 5) is 24.6. The number of carbonyl (C=O) groups is 2. The molecule has 0 saturated carbocycles. The fourth-order valence-corrected chi connectivity index (χ4v) is 2.75. The molecule has 6 heteroatoms. The van der Waals surface area contributed by atoms with E-state index in [1.807, 2.05) is 30.3 Å². The van der Waals surface area contributed by atoms with E-state index >= 15 is 0 Å². The van der Waals surface area contributed by atoms with E-state index in [1.54, 1.807) is 31.2 Å². The average molecular weight is 342 g/mol. The Labute approximate surface area is 144 Å². The van der Waals surface area contributed by atoms with Crippen LogP contribution in [-0.2, 0) is 4.79 Å². The highest BCUT2D eigenvalue weighted by Gasteiger charge is 2.30. The fourth-order valence-electron chi connectivity index (χ4n) is 2.62. The highest BCUT2D eigenvalue weighted by molar-refractivity contribution is 6.30. The van der Waals surface area contributed by atoms with E-state index in [1.165, 1.54) is 0 Å². The topological polar surface area (TPSA) is 70.2 Å². The van der Waals surface area contributed by atoms with Crippen LogP contribution in [0.25, 0.3) is 0 Å². The maximum Gasteiger partial charge on any atom is 0.319 e. The lowest BCUT2D eigenvalue weighted by molar-refractivity contribution is -0.113. The molecule has 0 saturated heterocycles. The lowest BCUT2D eigenvalue weighted by Gasteiger charge is -2.28. The number of halogens is 1. The highest BCUT2D eigenvalue weighted by Crippen LogP contribution is 2.27. The molecular weight excluding hydrogens is 326 g/mol. The minimum absolute atomic E-state index is 0.281. The van der Waals surface area contributed by atoms with Gasteiger partial charge in [0.25, 0.3) is 5.91 Å². The Bertz CT molecular complexity index is 801. The van der Waals surface area contributed by atoms with Crippen molar-refractivity contribution in [2.24, 2.45) is 0 Å². The monoisotopic (exact) mass is 341 g/mol. The second-order valence-electron chi connectivity index (χ2n) is 5.44. The van der Waals surface area contributed by atoms with Gasteiger partial charge in [-0.05, 0) is 36.8 Å². The predicted octanol–water partition coefficient (Wildman–Crippen LogP) is 3.61. The maximum absolute atomic E-state index is 12.8. The van der Waals surface area contributed by atoms with Crippen molar-refractivity contribution in [3.63, 3.8) is 0 Å². The number of hydrogen-bond acceptors (Lipinski definition) is 2. The first-order valence-electron chi connectivity index (χ1n) is 7.45. The second-order valence-corrected chi connectivity index (χ2v) is 5.88. The fraction of sp³-hybridized carbons (Fsp3) is 0.111. The van der Waals surface area contributed by atoms with Gasteiger partial charge in [0.15, 0.2) is 0 Å². The molecule has 3 amide bonds. The lowest BCUT2D eigenvalue weighted by atomic mass is 9.95. The molecule has 0 aromatic heterocycles. The van der Waals surface area contributed by atoms with Crippen molar-refractivity contribution < 1.29 is 9.59 Å². The number of allylic oxidation sites excluding steroid dienone is 1. The van der Waals surface area contributed by atoms with E-state index < -0.39 is 6.04 Å². The number of carbonyl (C=O) groups excluding carboxylic acids is 2. The molecule has 0 spiro atoms. The Balaban J connectivity index is 1.92. The molecule has 1 heterocycles. The van der Waals surface area contributed by atoms with Crippen molar-refractivity contribution >= 4 is 29.2 Å². The summed E-state index contributed by atoms with van der Waals surface area (Å²) >= 11 is 5.86. The Morgan fingerprint density at radius 1 is 1.08 bits per heavy atom. The van der Waals surface area contributed by atoms with E-state index in [0.29, 0.717) is 22.0 Å². The Morgan fingerprint density at radius 3 is 2.42 bits per heavy atom. The summed E-state index contributed by atoms with van der Waals surface area (Å²) in [5.74, 6) is -0.281. The first-order valence-corrected chi connectivity index (χ1v) is 7.82. The van der Waals surface area contributed by atoms with Gasteiger partial charge in [-0.15, -0.1) is 0 Å². The summed E-state index contributed by atoms with van der Waals surface area (Å²) in [6.07, 6.45) is 0. The third-order valence-corrected chi connectivity index (χ3v) is 4.00. The van der Waals surface area contributed by atoms with Gasteiger partial charge in [-0.3, -0.25) is 4.79 Å². The van der Waals surface area contributed by atoms with E-state index in [2.05, 4.69) is 16.0 Å². The van der Waals surface area contributed by atoms with Gasteiger partial charge in [-0.1, -0.05) is 41.9 Å². The Morgan fingerprint density at radius 2 is 1.75 bits per heavy atom. The number of anilines is 1. The van der Waals surface area contributed by atoms with Crippen LogP contribution in [0.1, 0.15) is 18.5 Å². The summed E-state index contributed by atoms with van der Waals surface area (Å²) in [7, 11) is 0. The zero-order valence-corrected chi connectivity index (χ0v) is 13.7. The number of rotatable bonds is 3. The molecule has 2 aromatic rings. The molecule has 5 nitrogen and oxygen atoms in total. The summed E-state index contributed by atoms with van der Waals surface area (Å²) in [6.45, 7) is 1.71. The number of benzene rings is 2. The summed E-state index contributed by atoms with van der Waals surface area (Å²) in [5.41, 5.74) is 2.47. The second kappa shape index (κ2) is 6.76. The normalized spacial score (nSPS) is 17.1. The molecule has 2 aromatic carbocycles. The maximum atomic E-state index is 12.8. The summed E-state index contributed by atoms with van der Waals surface area (Å²) in [5, 5.41) is 8.88.